The van der Waals surface area contributed by atoms with Gasteiger partial charge < -0.3 is 25.0 Å². The van der Waals surface area contributed by atoms with Crippen LogP contribution in [0.4, 0.5) is 5.00 Å². The van der Waals surface area contributed by atoms with Crippen molar-refractivity contribution in [2.75, 3.05) is 32.6 Å². The molecule has 1 aromatic heterocycles. The lowest BCUT2D eigenvalue weighted by Crippen LogP contribution is -2.56. The number of aromatic hydroxyl groups is 1. The molecule has 0 unspecified atom stereocenters. The van der Waals surface area contributed by atoms with E-state index in [1.54, 1.807) is 6.07 Å². The fourth-order valence-electron chi connectivity index (χ4n) is 6.56. The molecule has 200 valence electrons. The van der Waals surface area contributed by atoms with E-state index in [1.165, 1.54) is 25.6 Å². The van der Waals surface area contributed by atoms with E-state index >= 15 is 0 Å². The number of likely N-dealkylation sites (tertiary alicyclic amines) is 1. The number of ether oxygens (including phenoxy) is 2. The third-order valence-electron chi connectivity index (χ3n) is 8.38. The van der Waals surface area contributed by atoms with Gasteiger partial charge in [0.25, 0.3) is 0 Å². The summed E-state index contributed by atoms with van der Waals surface area (Å²) in [6.45, 7) is 0.697. The fourth-order valence-corrected chi connectivity index (χ4v) is 7.86. The lowest BCUT2D eigenvalue weighted by Gasteiger charge is -2.52. The van der Waals surface area contributed by atoms with E-state index in [-0.39, 0.29) is 30.2 Å². The van der Waals surface area contributed by atoms with Crippen molar-refractivity contribution < 1.29 is 29.3 Å². The number of carbonyl (C=O) groups is 2. The Kier molecular flexibility index (Phi) is 7.47. The molecule has 2 fully saturated rings. The highest BCUT2D eigenvalue weighted by Crippen LogP contribution is 2.50. The Bertz CT molecular complexity index is 1180. The molecule has 2 aliphatic carbocycles. The van der Waals surface area contributed by atoms with Gasteiger partial charge in [-0.25, -0.2) is 4.79 Å². The van der Waals surface area contributed by atoms with E-state index in [0.29, 0.717) is 29.3 Å². The van der Waals surface area contributed by atoms with Crippen LogP contribution in [-0.4, -0.2) is 59.9 Å². The number of nitrogens with one attached hydrogen (secondary N) is 1. The second kappa shape index (κ2) is 10.6. The van der Waals surface area contributed by atoms with Crippen molar-refractivity contribution in [3.63, 3.8) is 0 Å². The molecule has 1 saturated heterocycles. The van der Waals surface area contributed by atoms with E-state index in [1.807, 2.05) is 12.1 Å². The van der Waals surface area contributed by atoms with Crippen molar-refractivity contribution in [3.05, 3.63) is 39.8 Å². The number of hydrogen-bond acceptors (Lipinski definition) is 8. The number of phenolic OH excluding ortho intramolecular Hbond substituents is 1. The third-order valence-corrected chi connectivity index (χ3v) is 9.58. The van der Waals surface area contributed by atoms with Gasteiger partial charge >= 0.3 is 5.97 Å². The number of piperidine rings is 1. The zero-order valence-corrected chi connectivity index (χ0v) is 22.4. The lowest BCUT2D eigenvalue weighted by atomic mass is 9.66. The minimum absolute atomic E-state index is 0.0308. The number of nitrogens with zero attached hydrogens (tertiary/aromatic N) is 1. The average molecular weight is 529 g/mol. The molecule has 3 atom stereocenters. The Morgan fingerprint density at radius 3 is 2.76 bits per heavy atom. The first-order chi connectivity index (χ1) is 17.8. The molecule has 9 heteroatoms. The first-order valence-electron chi connectivity index (χ1n) is 13.2. The minimum atomic E-state index is -0.772. The van der Waals surface area contributed by atoms with Gasteiger partial charge in [-0.05, 0) is 68.2 Å². The summed E-state index contributed by atoms with van der Waals surface area (Å²) in [7, 11) is 2.89. The molecule has 5 rings (SSSR count). The number of anilines is 1. The van der Waals surface area contributed by atoms with Crippen molar-refractivity contribution in [1.82, 2.24) is 4.90 Å². The number of amides is 1. The van der Waals surface area contributed by atoms with Gasteiger partial charge in [0.05, 0.1) is 31.9 Å². The molecule has 2 heterocycles. The van der Waals surface area contributed by atoms with Crippen LogP contribution in [-0.2, 0) is 22.4 Å². The van der Waals surface area contributed by atoms with Gasteiger partial charge in [0.15, 0.2) is 11.5 Å². The second-order valence-corrected chi connectivity index (χ2v) is 11.6. The van der Waals surface area contributed by atoms with Crippen LogP contribution in [0, 0.1) is 5.92 Å². The third kappa shape index (κ3) is 4.96. The van der Waals surface area contributed by atoms with Gasteiger partial charge in [-0.3, -0.25) is 9.69 Å². The summed E-state index contributed by atoms with van der Waals surface area (Å²) in [5.74, 6) is -0.201. The van der Waals surface area contributed by atoms with Crippen LogP contribution in [0.2, 0.25) is 0 Å². The summed E-state index contributed by atoms with van der Waals surface area (Å²) in [4.78, 5) is 29.3. The van der Waals surface area contributed by atoms with Crippen LogP contribution in [0.5, 0.6) is 11.5 Å². The van der Waals surface area contributed by atoms with Gasteiger partial charge in [0.1, 0.15) is 5.00 Å². The summed E-state index contributed by atoms with van der Waals surface area (Å²) in [6, 6.07) is 5.09. The van der Waals surface area contributed by atoms with Gasteiger partial charge in [-0.1, -0.05) is 18.9 Å². The zero-order chi connectivity index (χ0) is 26.2. The summed E-state index contributed by atoms with van der Waals surface area (Å²) < 4.78 is 10.4. The Balaban J connectivity index is 1.42. The van der Waals surface area contributed by atoms with Crippen LogP contribution in [0.15, 0.2) is 18.2 Å². The van der Waals surface area contributed by atoms with Crippen molar-refractivity contribution in [3.8, 4) is 11.5 Å². The molecular weight excluding hydrogens is 492 g/mol. The summed E-state index contributed by atoms with van der Waals surface area (Å²) >= 11 is 1.48. The standard InChI is InChI=1S/C28H36N2O6S/c1-35-21-15-17(10-11-20(21)31)25-19-8-5-6-12-28(19,34)13-14-30(25)16-23(32)29-26-24(27(33)36-2)18-7-3-4-9-22(18)37-26/h10-11,15,19,25,31,34H,3-9,12-14,16H2,1-2H3,(H,29,32)/t19-,25-,28+/m0/s1. The van der Waals surface area contributed by atoms with Crippen LogP contribution >= 0.6 is 11.3 Å². The maximum Gasteiger partial charge on any atom is 0.341 e. The summed E-state index contributed by atoms with van der Waals surface area (Å²) in [5.41, 5.74) is 1.65. The molecular formula is C28H36N2O6S. The largest absolute Gasteiger partial charge is 0.504 e. The number of rotatable bonds is 6. The van der Waals surface area contributed by atoms with Crippen LogP contribution in [0.1, 0.15) is 77.3 Å². The van der Waals surface area contributed by atoms with Crippen molar-refractivity contribution in [2.24, 2.45) is 5.92 Å². The number of esters is 1. The maximum absolute atomic E-state index is 13.4. The summed E-state index contributed by atoms with van der Waals surface area (Å²) in [6.07, 6.45) is 8.10. The van der Waals surface area contributed by atoms with E-state index in [9.17, 15) is 19.8 Å². The van der Waals surface area contributed by atoms with Gasteiger partial charge in [-0.15, -0.1) is 11.3 Å². The molecule has 3 N–H and O–H groups in total. The molecule has 37 heavy (non-hydrogen) atoms. The number of phenols is 1. The molecule has 1 aliphatic heterocycles. The number of thiophene rings is 1. The van der Waals surface area contributed by atoms with Crippen molar-refractivity contribution in [2.45, 2.75) is 69.4 Å². The van der Waals surface area contributed by atoms with Gasteiger partial charge in [0.2, 0.25) is 5.91 Å². The second-order valence-electron chi connectivity index (χ2n) is 10.5. The molecule has 3 aliphatic rings. The quantitative estimate of drug-likeness (QED) is 0.476. The fraction of sp³-hybridized carbons (Fsp3) is 0.571. The average Bonchev–Trinajstić information content (AvgIpc) is 3.26. The maximum atomic E-state index is 13.4. The molecule has 0 radical (unpaired) electrons. The highest BCUT2D eigenvalue weighted by atomic mass is 32.1. The van der Waals surface area contributed by atoms with Crippen LogP contribution < -0.4 is 10.1 Å². The Morgan fingerprint density at radius 1 is 1.16 bits per heavy atom. The highest BCUT2D eigenvalue weighted by Gasteiger charge is 2.49. The number of aliphatic hydroxyl groups is 1. The first-order valence-corrected chi connectivity index (χ1v) is 14.0. The molecule has 1 amide bonds. The highest BCUT2D eigenvalue weighted by molar-refractivity contribution is 7.17. The minimum Gasteiger partial charge on any atom is -0.504 e. The van der Waals surface area contributed by atoms with E-state index in [2.05, 4.69) is 10.2 Å². The topological polar surface area (TPSA) is 108 Å². The van der Waals surface area contributed by atoms with Crippen molar-refractivity contribution in [1.29, 1.82) is 0 Å². The zero-order valence-electron chi connectivity index (χ0n) is 21.5. The molecule has 8 nitrogen and oxygen atoms in total. The van der Waals surface area contributed by atoms with Gasteiger partial charge in [-0.2, -0.15) is 0 Å². The number of aryl methyl sites for hydroxylation is 1. The Labute approximate surface area is 221 Å². The molecule has 1 saturated carbocycles. The number of benzene rings is 1. The molecule has 1 aromatic carbocycles. The van der Waals surface area contributed by atoms with E-state index < -0.39 is 11.6 Å². The number of carbonyl (C=O) groups excluding carboxylic acids is 2. The predicted molar refractivity (Wildman–Crippen MR) is 141 cm³/mol. The molecule has 0 bridgehead atoms. The number of methoxy groups -OCH3 is 2. The molecule has 2 aromatic rings. The smallest absolute Gasteiger partial charge is 0.341 e. The van der Waals surface area contributed by atoms with Crippen LogP contribution in [0.25, 0.3) is 0 Å². The normalized spacial score (nSPS) is 25.6. The van der Waals surface area contributed by atoms with Crippen LogP contribution in [0.3, 0.4) is 0 Å². The lowest BCUT2D eigenvalue weighted by molar-refractivity contribution is -0.135. The Hall–Kier alpha value is -2.62. The van der Waals surface area contributed by atoms with E-state index in [4.69, 9.17) is 9.47 Å². The predicted octanol–water partition coefficient (Wildman–Crippen LogP) is 4.43. The number of hydrogen-bond donors (Lipinski definition) is 3. The first kappa shape index (κ1) is 26.0. The van der Waals surface area contributed by atoms with Gasteiger partial charge in [0, 0.05) is 23.4 Å². The van der Waals surface area contributed by atoms with E-state index in [0.717, 1.165) is 67.4 Å². The van der Waals surface area contributed by atoms with Crippen molar-refractivity contribution >= 4 is 28.2 Å². The number of fused-ring (bicyclic) bond motifs is 2. The summed E-state index contributed by atoms with van der Waals surface area (Å²) in [5, 5.41) is 25.3. The molecule has 0 spiro atoms. The SMILES string of the molecule is COC(=O)c1c(NC(=O)CN2CC[C@]3(O)CCCC[C@H]3[C@@H]2c2ccc(O)c(OC)c2)sc2c1CCCC2. The Morgan fingerprint density at radius 2 is 1.97 bits per heavy atom. The monoisotopic (exact) mass is 528 g/mol.